The summed E-state index contributed by atoms with van der Waals surface area (Å²) in [5.41, 5.74) is 7.02. The fourth-order valence-corrected chi connectivity index (χ4v) is 2.39. The molecule has 0 saturated heterocycles. The minimum Gasteiger partial charge on any atom is -0.327 e. The van der Waals surface area contributed by atoms with Crippen LogP contribution in [0.1, 0.15) is 49.2 Å². The molecule has 1 saturated carbocycles. The van der Waals surface area contributed by atoms with Crippen LogP contribution in [0.2, 0.25) is 0 Å². The Labute approximate surface area is 83.2 Å². The van der Waals surface area contributed by atoms with Gasteiger partial charge in [-0.25, -0.2) is 4.98 Å². The molecule has 1 aliphatic rings. The molecule has 13 heavy (non-hydrogen) atoms. The van der Waals surface area contributed by atoms with Crippen LogP contribution in [0.25, 0.3) is 0 Å². The fraction of sp³-hybridized carbons (Fsp3) is 0.700. The predicted molar refractivity (Wildman–Crippen MR) is 56.2 cm³/mol. The third-order valence-corrected chi connectivity index (χ3v) is 3.75. The highest BCUT2D eigenvalue weighted by atomic mass is 32.1. The molecule has 2 rings (SSSR count). The summed E-state index contributed by atoms with van der Waals surface area (Å²) in [5.74, 6) is 1.17. The van der Waals surface area contributed by atoms with Gasteiger partial charge in [0.2, 0.25) is 0 Å². The molecule has 1 aliphatic carbocycles. The van der Waals surface area contributed by atoms with Gasteiger partial charge in [0.1, 0.15) is 0 Å². The van der Waals surface area contributed by atoms with E-state index in [-0.39, 0.29) is 6.04 Å². The van der Waals surface area contributed by atoms with Crippen LogP contribution < -0.4 is 5.73 Å². The van der Waals surface area contributed by atoms with Gasteiger partial charge in [0.05, 0.1) is 10.7 Å². The molecule has 0 aliphatic heterocycles. The summed E-state index contributed by atoms with van der Waals surface area (Å²) in [5, 5.41) is 3.49. The minimum absolute atomic E-state index is 0.203. The van der Waals surface area contributed by atoms with Gasteiger partial charge in [0.15, 0.2) is 0 Å². The predicted octanol–water partition coefficient (Wildman–Crippen LogP) is 2.47. The van der Waals surface area contributed by atoms with Crippen molar-refractivity contribution in [1.82, 2.24) is 4.98 Å². The van der Waals surface area contributed by atoms with E-state index < -0.39 is 0 Å². The third kappa shape index (κ3) is 1.92. The third-order valence-electron chi connectivity index (χ3n) is 2.72. The van der Waals surface area contributed by atoms with Gasteiger partial charge in [0, 0.05) is 23.3 Å². The molecule has 2 N–H and O–H groups in total. The average molecular weight is 196 g/mol. The first-order valence-electron chi connectivity index (χ1n) is 4.89. The van der Waals surface area contributed by atoms with Crippen molar-refractivity contribution >= 4 is 11.3 Å². The zero-order valence-corrected chi connectivity index (χ0v) is 8.97. The lowest BCUT2D eigenvalue weighted by Crippen LogP contribution is -2.22. The van der Waals surface area contributed by atoms with E-state index in [2.05, 4.69) is 17.3 Å². The number of hydrogen-bond donors (Lipinski definition) is 1. The number of aromatic nitrogens is 1. The van der Waals surface area contributed by atoms with Gasteiger partial charge in [-0.3, -0.25) is 0 Å². The Hall–Kier alpha value is -0.410. The van der Waals surface area contributed by atoms with E-state index in [0.717, 1.165) is 5.92 Å². The summed E-state index contributed by atoms with van der Waals surface area (Å²) < 4.78 is 0. The second-order valence-corrected chi connectivity index (χ2v) is 4.92. The van der Waals surface area contributed by atoms with E-state index in [0.29, 0.717) is 5.92 Å². The maximum Gasteiger partial charge on any atom is 0.0959 e. The molecule has 3 heteroatoms. The molecule has 0 amide bonds. The average Bonchev–Trinajstić information content (AvgIpc) is 2.83. The van der Waals surface area contributed by atoms with Gasteiger partial charge in [-0.1, -0.05) is 6.92 Å². The van der Waals surface area contributed by atoms with Gasteiger partial charge in [-0.2, -0.15) is 0 Å². The molecule has 2 atom stereocenters. The van der Waals surface area contributed by atoms with Crippen molar-refractivity contribution in [3.63, 3.8) is 0 Å². The molecule has 1 heterocycles. The van der Waals surface area contributed by atoms with Crippen molar-refractivity contribution in [3.8, 4) is 0 Å². The van der Waals surface area contributed by atoms with E-state index >= 15 is 0 Å². The van der Waals surface area contributed by atoms with Gasteiger partial charge < -0.3 is 5.73 Å². The van der Waals surface area contributed by atoms with Crippen molar-refractivity contribution in [2.24, 2.45) is 5.73 Å². The number of hydrogen-bond acceptors (Lipinski definition) is 3. The molecule has 0 bridgehead atoms. The summed E-state index contributed by atoms with van der Waals surface area (Å²) in [6.07, 6.45) is 2.67. The first-order valence-corrected chi connectivity index (χ1v) is 5.77. The molecule has 2 nitrogen and oxygen atoms in total. The molecule has 0 spiro atoms. The number of nitrogens with two attached hydrogens (primary N) is 1. The summed E-state index contributed by atoms with van der Waals surface area (Å²) in [6.45, 7) is 4.19. The van der Waals surface area contributed by atoms with Crippen LogP contribution in [0.4, 0.5) is 0 Å². The molecule has 1 aromatic rings. The lowest BCUT2D eigenvalue weighted by molar-refractivity contribution is 0.600. The highest BCUT2D eigenvalue weighted by Gasteiger charge is 2.27. The highest BCUT2D eigenvalue weighted by molar-refractivity contribution is 7.09. The Balaban J connectivity index is 2.11. The number of rotatable bonds is 3. The SMILES string of the molecule is CC(N)C(C)c1csc(C2CC2)n1. The molecule has 0 aromatic carbocycles. The summed E-state index contributed by atoms with van der Waals surface area (Å²) in [7, 11) is 0. The van der Waals surface area contributed by atoms with Gasteiger partial charge in [0.25, 0.3) is 0 Å². The Morgan fingerprint density at radius 1 is 1.54 bits per heavy atom. The second-order valence-electron chi connectivity index (χ2n) is 4.03. The standard InChI is InChI=1S/C10H16N2S/c1-6(7(2)11)9-5-13-10(12-9)8-3-4-8/h5-8H,3-4,11H2,1-2H3. The van der Waals surface area contributed by atoms with Crippen molar-refractivity contribution in [1.29, 1.82) is 0 Å². The molecule has 72 valence electrons. The molecular weight excluding hydrogens is 180 g/mol. The lowest BCUT2D eigenvalue weighted by atomic mass is 10.0. The Kier molecular flexibility index (Phi) is 2.39. The van der Waals surface area contributed by atoms with Crippen molar-refractivity contribution in [3.05, 3.63) is 16.1 Å². The fourth-order valence-electron chi connectivity index (χ4n) is 1.30. The van der Waals surface area contributed by atoms with E-state index in [1.807, 2.05) is 6.92 Å². The van der Waals surface area contributed by atoms with Gasteiger partial charge >= 0.3 is 0 Å². The van der Waals surface area contributed by atoms with Crippen molar-refractivity contribution < 1.29 is 0 Å². The van der Waals surface area contributed by atoms with E-state index in [9.17, 15) is 0 Å². The summed E-state index contributed by atoms with van der Waals surface area (Å²) >= 11 is 1.80. The van der Waals surface area contributed by atoms with E-state index in [4.69, 9.17) is 5.73 Å². The van der Waals surface area contributed by atoms with Crippen LogP contribution in [0, 0.1) is 0 Å². The molecule has 1 fully saturated rings. The molecule has 1 aromatic heterocycles. The minimum atomic E-state index is 0.203. The zero-order valence-electron chi connectivity index (χ0n) is 8.16. The topological polar surface area (TPSA) is 38.9 Å². The van der Waals surface area contributed by atoms with Crippen LogP contribution in [0.15, 0.2) is 5.38 Å². The maximum absolute atomic E-state index is 5.83. The van der Waals surface area contributed by atoms with E-state index in [1.54, 1.807) is 11.3 Å². The van der Waals surface area contributed by atoms with Crippen LogP contribution in [-0.2, 0) is 0 Å². The Bertz CT molecular complexity index is 289. The zero-order chi connectivity index (χ0) is 9.42. The van der Waals surface area contributed by atoms with Crippen LogP contribution in [-0.4, -0.2) is 11.0 Å². The Morgan fingerprint density at radius 2 is 2.23 bits per heavy atom. The molecule has 0 radical (unpaired) electrons. The van der Waals surface area contributed by atoms with E-state index in [1.165, 1.54) is 23.5 Å². The smallest absolute Gasteiger partial charge is 0.0959 e. The summed E-state index contributed by atoms with van der Waals surface area (Å²) in [4.78, 5) is 4.63. The van der Waals surface area contributed by atoms with Crippen LogP contribution in [0.3, 0.4) is 0 Å². The first-order chi connectivity index (χ1) is 6.18. The van der Waals surface area contributed by atoms with Gasteiger partial charge in [-0.05, 0) is 19.8 Å². The van der Waals surface area contributed by atoms with Crippen LogP contribution in [0.5, 0.6) is 0 Å². The normalized spacial score (nSPS) is 21.5. The molecule has 2 unspecified atom stereocenters. The monoisotopic (exact) mass is 196 g/mol. The maximum atomic E-state index is 5.83. The molecular formula is C10H16N2S. The van der Waals surface area contributed by atoms with Crippen molar-refractivity contribution in [2.45, 2.75) is 44.6 Å². The Morgan fingerprint density at radius 3 is 2.77 bits per heavy atom. The quantitative estimate of drug-likeness (QED) is 0.806. The number of thiazole rings is 1. The highest BCUT2D eigenvalue weighted by Crippen LogP contribution is 2.42. The largest absolute Gasteiger partial charge is 0.327 e. The van der Waals surface area contributed by atoms with Gasteiger partial charge in [-0.15, -0.1) is 11.3 Å². The number of nitrogens with zero attached hydrogens (tertiary/aromatic N) is 1. The lowest BCUT2D eigenvalue weighted by Gasteiger charge is -2.11. The first kappa shape index (κ1) is 9.16. The van der Waals surface area contributed by atoms with Crippen molar-refractivity contribution in [2.75, 3.05) is 0 Å². The second kappa shape index (κ2) is 3.39. The van der Waals surface area contributed by atoms with Crippen LogP contribution >= 0.6 is 11.3 Å². The summed E-state index contributed by atoms with van der Waals surface area (Å²) in [6, 6.07) is 0.203.